The lowest BCUT2D eigenvalue weighted by molar-refractivity contribution is -0.139. The number of amides is 2. The van der Waals surface area contributed by atoms with E-state index in [1.807, 2.05) is 18.2 Å². The molecule has 4 heterocycles. The third-order valence-electron chi connectivity index (χ3n) is 7.37. The maximum Gasteiger partial charge on any atom is 0.235 e. The van der Waals surface area contributed by atoms with Crippen LogP contribution in [0.5, 0.6) is 0 Å². The van der Waals surface area contributed by atoms with Crippen molar-refractivity contribution in [2.24, 2.45) is 5.41 Å². The summed E-state index contributed by atoms with van der Waals surface area (Å²) in [6.45, 7) is 0. The molecule has 1 saturated heterocycles. The molecule has 11 nitrogen and oxygen atoms in total. The van der Waals surface area contributed by atoms with Crippen LogP contribution < -0.4 is 5.32 Å². The fraction of sp³-hybridized carbons (Fsp3) is 0.360. The molecule has 192 valence electrons. The van der Waals surface area contributed by atoms with Crippen molar-refractivity contribution in [2.75, 3.05) is 12.4 Å². The molecule has 2 amide bonds. The van der Waals surface area contributed by atoms with Gasteiger partial charge in [0, 0.05) is 37.7 Å². The summed E-state index contributed by atoms with van der Waals surface area (Å²) in [7, 11) is 1.56. The number of fused-ring (bicyclic) bond motifs is 1. The van der Waals surface area contributed by atoms with E-state index in [0.717, 1.165) is 33.6 Å². The Morgan fingerprint density at radius 1 is 1.34 bits per heavy atom. The first-order valence-electron chi connectivity index (χ1n) is 12.1. The van der Waals surface area contributed by atoms with E-state index in [0.29, 0.717) is 41.9 Å². The van der Waals surface area contributed by atoms with Gasteiger partial charge in [0.1, 0.15) is 15.1 Å². The molecule has 1 unspecified atom stereocenters. The van der Waals surface area contributed by atoms with Crippen molar-refractivity contribution in [1.29, 1.82) is 5.26 Å². The predicted octanol–water partition coefficient (Wildman–Crippen LogP) is 3.89. The normalized spacial score (nSPS) is 21.1. The van der Waals surface area contributed by atoms with Gasteiger partial charge in [-0.15, -0.1) is 10.2 Å². The van der Waals surface area contributed by atoms with Gasteiger partial charge in [-0.2, -0.15) is 15.3 Å². The number of rotatable bonds is 6. The van der Waals surface area contributed by atoms with Crippen LogP contribution >= 0.6 is 27.3 Å². The maximum atomic E-state index is 12.7. The quantitative estimate of drug-likeness (QED) is 0.330. The van der Waals surface area contributed by atoms with Crippen LogP contribution in [0.2, 0.25) is 0 Å². The molecule has 2 fully saturated rings. The Kier molecular flexibility index (Phi) is 6.16. The van der Waals surface area contributed by atoms with Crippen LogP contribution in [0.3, 0.4) is 0 Å². The number of aryl methyl sites for hydroxylation is 1. The number of hydrogen-bond donors (Lipinski definition) is 1. The molecule has 6 rings (SSSR count). The second kappa shape index (κ2) is 9.52. The van der Waals surface area contributed by atoms with Crippen molar-refractivity contribution in [1.82, 2.24) is 34.8 Å². The first-order valence-corrected chi connectivity index (χ1v) is 13.8. The third kappa shape index (κ3) is 4.13. The van der Waals surface area contributed by atoms with E-state index < -0.39 is 5.41 Å². The number of nitrogens with one attached hydrogen (secondary N) is 1. The van der Waals surface area contributed by atoms with Crippen LogP contribution in [0.1, 0.15) is 37.7 Å². The Morgan fingerprint density at radius 3 is 2.95 bits per heavy atom. The number of halogens is 1. The predicted molar refractivity (Wildman–Crippen MR) is 143 cm³/mol. The summed E-state index contributed by atoms with van der Waals surface area (Å²) in [5.41, 5.74) is 4.40. The second-order valence-electron chi connectivity index (χ2n) is 9.68. The molecular weight excluding hydrogens is 570 g/mol. The Hall–Kier alpha value is -3.76. The van der Waals surface area contributed by atoms with Gasteiger partial charge in [0.25, 0.3) is 0 Å². The Morgan fingerprint density at radius 2 is 2.21 bits per heavy atom. The molecular formula is C25H22BrN9O2S. The van der Waals surface area contributed by atoms with Crippen LogP contribution in [0, 0.1) is 16.7 Å². The molecule has 3 aromatic heterocycles. The molecule has 0 radical (unpaired) electrons. The number of benzene rings is 1. The highest BCUT2D eigenvalue weighted by Crippen LogP contribution is 2.47. The SMILES string of the molecule is CN1C(=O)CC2(CC[C@@H](Nc3ncc4c(Br)nn(-c5ccc(-c6nncs6)c(CCC#N)c5)c4n3)C2)C1=O. The highest BCUT2D eigenvalue weighted by molar-refractivity contribution is 9.10. The number of hydrogen-bond acceptors (Lipinski definition) is 10. The molecule has 1 N–H and O–H groups in total. The maximum absolute atomic E-state index is 12.7. The zero-order valence-corrected chi connectivity index (χ0v) is 22.8. The number of aromatic nitrogens is 6. The van der Waals surface area contributed by atoms with Crippen molar-refractivity contribution in [2.45, 2.75) is 44.6 Å². The lowest BCUT2D eigenvalue weighted by Gasteiger charge is -2.20. The van der Waals surface area contributed by atoms with Gasteiger partial charge in [0.2, 0.25) is 17.8 Å². The fourth-order valence-corrected chi connectivity index (χ4v) is 6.52. The van der Waals surface area contributed by atoms with Gasteiger partial charge in [-0.3, -0.25) is 14.5 Å². The monoisotopic (exact) mass is 591 g/mol. The zero-order valence-electron chi connectivity index (χ0n) is 20.4. The van der Waals surface area contributed by atoms with E-state index in [1.54, 1.807) is 23.4 Å². The van der Waals surface area contributed by atoms with E-state index in [4.69, 9.17) is 4.98 Å². The van der Waals surface area contributed by atoms with Crippen LogP contribution in [0.4, 0.5) is 5.95 Å². The molecule has 38 heavy (non-hydrogen) atoms. The van der Waals surface area contributed by atoms with Crippen LogP contribution in [-0.2, 0) is 16.0 Å². The molecule has 1 saturated carbocycles. The Balaban J connectivity index is 1.31. The van der Waals surface area contributed by atoms with Gasteiger partial charge in [-0.25, -0.2) is 9.67 Å². The van der Waals surface area contributed by atoms with E-state index >= 15 is 0 Å². The number of nitrogens with zero attached hydrogens (tertiary/aromatic N) is 8. The molecule has 1 spiro atoms. The highest BCUT2D eigenvalue weighted by Gasteiger charge is 2.53. The second-order valence-corrected chi connectivity index (χ2v) is 11.3. The van der Waals surface area contributed by atoms with Crippen LogP contribution in [0.15, 0.2) is 34.5 Å². The summed E-state index contributed by atoms with van der Waals surface area (Å²) in [4.78, 5) is 35.4. The summed E-state index contributed by atoms with van der Waals surface area (Å²) in [5, 5.41) is 26.9. The van der Waals surface area contributed by atoms with Crippen molar-refractivity contribution in [3.8, 4) is 22.3 Å². The summed E-state index contributed by atoms with van der Waals surface area (Å²) >= 11 is 4.98. The molecule has 4 aromatic rings. The summed E-state index contributed by atoms with van der Waals surface area (Å²) in [5.74, 6) is 0.233. The number of carbonyl (C=O) groups is 2. The van der Waals surface area contributed by atoms with Crippen molar-refractivity contribution in [3.05, 3.63) is 40.1 Å². The number of carbonyl (C=O) groups excluding carboxylic acids is 2. The number of nitriles is 1. The summed E-state index contributed by atoms with van der Waals surface area (Å²) in [6.07, 6.45) is 4.92. The summed E-state index contributed by atoms with van der Waals surface area (Å²) in [6, 6.07) is 8.12. The average molecular weight is 592 g/mol. The lowest BCUT2D eigenvalue weighted by atomic mass is 9.84. The first kappa shape index (κ1) is 24.6. The smallest absolute Gasteiger partial charge is 0.235 e. The van der Waals surface area contributed by atoms with Crippen molar-refractivity contribution < 1.29 is 9.59 Å². The molecule has 13 heteroatoms. The number of likely N-dealkylation sites (tertiary alicyclic amines) is 1. The largest absolute Gasteiger partial charge is 0.351 e. The van der Waals surface area contributed by atoms with Gasteiger partial charge in [-0.05, 0) is 65.4 Å². The van der Waals surface area contributed by atoms with E-state index in [2.05, 4.69) is 47.6 Å². The average Bonchev–Trinajstić information content (AvgIpc) is 3.69. The standard InChI is InChI=1S/C25H22BrN9O2S/c1-34-19(36)11-25(23(34)37)7-6-15(10-25)30-24-28-12-18-20(26)33-35(21(18)31-24)16-4-5-17(22-32-29-13-38-22)14(9-16)3-2-8-27/h4-5,9,12-13,15H,2-3,6-7,10-11H2,1H3,(H,28,30,31)/t15-,25?/m1/s1. The minimum absolute atomic E-state index is 0.0146. The van der Waals surface area contributed by atoms with Gasteiger partial charge >= 0.3 is 0 Å². The fourth-order valence-electron chi connectivity index (χ4n) is 5.47. The molecule has 2 atom stereocenters. The summed E-state index contributed by atoms with van der Waals surface area (Å²) < 4.78 is 2.36. The Labute approximate surface area is 230 Å². The topological polar surface area (TPSA) is 143 Å². The first-order chi connectivity index (χ1) is 18.4. The van der Waals surface area contributed by atoms with Crippen LogP contribution in [0.25, 0.3) is 27.3 Å². The third-order valence-corrected chi connectivity index (χ3v) is 8.68. The zero-order chi connectivity index (χ0) is 26.4. The van der Waals surface area contributed by atoms with Gasteiger partial charge in [0.15, 0.2) is 5.65 Å². The van der Waals surface area contributed by atoms with Gasteiger partial charge in [-0.1, -0.05) is 11.3 Å². The van der Waals surface area contributed by atoms with Gasteiger partial charge < -0.3 is 5.32 Å². The molecule has 1 aromatic carbocycles. The molecule has 0 bridgehead atoms. The number of imide groups is 1. The minimum Gasteiger partial charge on any atom is -0.351 e. The molecule has 1 aliphatic carbocycles. The molecule has 2 aliphatic rings. The van der Waals surface area contributed by atoms with Crippen LogP contribution in [-0.4, -0.2) is 59.7 Å². The van der Waals surface area contributed by atoms with Gasteiger partial charge in [0.05, 0.1) is 22.6 Å². The molecule has 1 aliphatic heterocycles. The number of anilines is 1. The van der Waals surface area contributed by atoms with Crippen molar-refractivity contribution >= 4 is 56.1 Å². The highest BCUT2D eigenvalue weighted by atomic mass is 79.9. The van der Waals surface area contributed by atoms with E-state index in [-0.39, 0.29) is 24.3 Å². The van der Waals surface area contributed by atoms with E-state index in [9.17, 15) is 14.9 Å². The van der Waals surface area contributed by atoms with E-state index in [1.165, 1.54) is 16.2 Å². The lowest BCUT2D eigenvalue weighted by Crippen LogP contribution is -2.32. The Bertz CT molecular complexity index is 1610. The van der Waals surface area contributed by atoms with Crippen molar-refractivity contribution in [3.63, 3.8) is 0 Å². The minimum atomic E-state index is -0.618.